The highest BCUT2D eigenvalue weighted by Crippen LogP contribution is 2.18. The third-order valence-corrected chi connectivity index (χ3v) is 8.15. The minimum atomic E-state index is 0.923. The topological polar surface area (TPSA) is 20.1 Å². The highest BCUT2D eigenvalue weighted by atomic mass is 14.9. The molecule has 2 heterocycles. The molecule has 0 fully saturated rings. The molecule has 3 rings (SSSR count). The molecule has 0 atom stereocenters. The number of unbranched alkanes of at least 4 members (excludes halogenated alkanes) is 6. The quantitative estimate of drug-likeness (QED) is 0.0551. The van der Waals surface area contributed by atoms with Gasteiger partial charge < -0.3 is 0 Å². The van der Waals surface area contributed by atoms with Crippen LogP contribution in [0.1, 0.15) is 99.5 Å². The monoisotopic (exact) mass is 579 g/mol. The lowest BCUT2D eigenvalue weighted by molar-refractivity contribution is -0.697. The Morgan fingerprint density at radius 2 is 1.16 bits per heavy atom. The molecule has 0 radical (unpaired) electrons. The molecule has 3 aromatic rings. The molecule has 0 bridgehead atoms. The van der Waals surface area contributed by atoms with E-state index >= 15 is 0 Å². The first-order valence-corrected chi connectivity index (χ1v) is 16.8. The summed E-state index contributed by atoms with van der Waals surface area (Å²) in [4.78, 5) is 4.55. The highest BCUT2D eigenvalue weighted by molar-refractivity contribution is 5.71. The molecule has 2 aromatic heterocycles. The van der Waals surface area contributed by atoms with Gasteiger partial charge in [0.25, 0.3) is 0 Å². The van der Waals surface area contributed by atoms with Crippen molar-refractivity contribution in [3.63, 3.8) is 0 Å². The molecule has 0 spiro atoms. The molecular formula is C40H57N3+2. The Bertz CT molecular complexity index is 1230. The largest absolute Gasteiger partial charge is 0.293 e. The number of hydrogen-bond acceptors (Lipinski definition) is 1. The van der Waals surface area contributed by atoms with Crippen LogP contribution in [0.15, 0.2) is 96.0 Å². The van der Waals surface area contributed by atoms with Gasteiger partial charge in [0.1, 0.15) is 13.1 Å². The summed E-state index contributed by atoms with van der Waals surface area (Å²) in [5, 5.41) is 0. The summed E-state index contributed by atoms with van der Waals surface area (Å²) in [6.45, 7) is 11.7. The van der Waals surface area contributed by atoms with Gasteiger partial charge in [0.2, 0.25) is 0 Å². The Balaban J connectivity index is 1.45. The van der Waals surface area contributed by atoms with Gasteiger partial charge in [-0.2, -0.15) is 0 Å². The zero-order valence-electron chi connectivity index (χ0n) is 27.6. The second kappa shape index (κ2) is 20.6. The lowest BCUT2D eigenvalue weighted by Crippen LogP contribution is -2.32. The standard InChI is InChI=1S/C40H57N3/c1-5-35(2)18-15-25-41-24-12-6-9-21-38-30-39(22-10-7-13-26-42-28-16-19-36(3)33-42)32-40(31-38)23-11-8-14-27-43-29-17-20-37(4)34-43/h5,15-20,25,28-34H,6-14,21-24,26-27H2,1-4H3/q+2/b18-15-,35-5-,41-25?. The molecule has 230 valence electrons. The molecule has 0 amide bonds. The molecule has 1 aromatic carbocycles. The summed E-state index contributed by atoms with van der Waals surface area (Å²) in [6.07, 6.45) is 31.9. The van der Waals surface area contributed by atoms with Crippen LogP contribution in [0.25, 0.3) is 0 Å². The zero-order valence-corrected chi connectivity index (χ0v) is 27.6. The van der Waals surface area contributed by atoms with Gasteiger partial charge in [0.15, 0.2) is 24.8 Å². The van der Waals surface area contributed by atoms with E-state index < -0.39 is 0 Å². The lowest BCUT2D eigenvalue weighted by Gasteiger charge is -2.11. The smallest absolute Gasteiger partial charge is 0.171 e. The van der Waals surface area contributed by atoms with Gasteiger partial charge in [-0.3, -0.25) is 4.99 Å². The summed E-state index contributed by atoms with van der Waals surface area (Å²) >= 11 is 0. The van der Waals surface area contributed by atoms with Gasteiger partial charge in [-0.05, 0) is 120 Å². The van der Waals surface area contributed by atoms with E-state index in [1.807, 2.05) is 12.3 Å². The van der Waals surface area contributed by atoms with E-state index in [1.54, 1.807) is 11.1 Å². The number of aryl methyl sites for hydroxylation is 7. The highest BCUT2D eigenvalue weighted by Gasteiger charge is 2.06. The van der Waals surface area contributed by atoms with Crippen molar-refractivity contribution in [3.8, 4) is 0 Å². The van der Waals surface area contributed by atoms with Crippen molar-refractivity contribution in [2.24, 2.45) is 4.99 Å². The van der Waals surface area contributed by atoms with Crippen LogP contribution in [0.4, 0.5) is 0 Å². The van der Waals surface area contributed by atoms with Crippen LogP contribution in [0.5, 0.6) is 0 Å². The maximum Gasteiger partial charge on any atom is 0.171 e. The van der Waals surface area contributed by atoms with Crippen LogP contribution in [0.2, 0.25) is 0 Å². The second-order valence-corrected chi connectivity index (χ2v) is 12.3. The van der Waals surface area contributed by atoms with Crippen molar-refractivity contribution in [1.82, 2.24) is 0 Å². The summed E-state index contributed by atoms with van der Waals surface area (Å²) in [7, 11) is 0. The van der Waals surface area contributed by atoms with Crippen LogP contribution < -0.4 is 9.13 Å². The number of benzene rings is 1. The number of allylic oxidation sites excluding steroid dienone is 4. The fourth-order valence-corrected chi connectivity index (χ4v) is 5.59. The Hall–Kier alpha value is -3.33. The predicted octanol–water partition coefficient (Wildman–Crippen LogP) is 9.01. The third-order valence-electron chi connectivity index (χ3n) is 8.15. The number of nitrogens with zero attached hydrogens (tertiary/aromatic N) is 3. The zero-order chi connectivity index (χ0) is 30.5. The molecule has 3 heteroatoms. The van der Waals surface area contributed by atoms with Gasteiger partial charge in [-0.25, -0.2) is 9.13 Å². The van der Waals surface area contributed by atoms with Crippen LogP contribution in [-0.4, -0.2) is 12.8 Å². The van der Waals surface area contributed by atoms with E-state index in [4.69, 9.17) is 0 Å². The molecular weight excluding hydrogens is 522 g/mol. The summed E-state index contributed by atoms with van der Waals surface area (Å²) in [6, 6.07) is 16.2. The Kier molecular flexibility index (Phi) is 16.3. The second-order valence-electron chi connectivity index (χ2n) is 12.3. The minimum Gasteiger partial charge on any atom is -0.293 e. The molecule has 0 N–H and O–H groups in total. The molecule has 3 nitrogen and oxygen atoms in total. The maximum atomic E-state index is 4.55. The molecule has 0 aliphatic rings. The van der Waals surface area contributed by atoms with Crippen molar-refractivity contribution in [2.75, 3.05) is 6.54 Å². The fraction of sp³-hybridized carbons (Fsp3) is 0.475. The van der Waals surface area contributed by atoms with Crippen molar-refractivity contribution in [1.29, 1.82) is 0 Å². The van der Waals surface area contributed by atoms with E-state index in [0.29, 0.717) is 0 Å². The molecule has 0 unspecified atom stereocenters. The number of rotatable bonds is 20. The van der Waals surface area contributed by atoms with Crippen LogP contribution in [0.3, 0.4) is 0 Å². The van der Waals surface area contributed by atoms with E-state index in [0.717, 1.165) is 26.1 Å². The van der Waals surface area contributed by atoms with Gasteiger partial charge in [-0.15, -0.1) is 0 Å². The summed E-state index contributed by atoms with van der Waals surface area (Å²) in [5.74, 6) is 0. The Morgan fingerprint density at radius 1 is 0.674 bits per heavy atom. The number of aromatic nitrogens is 2. The van der Waals surface area contributed by atoms with E-state index in [1.165, 1.54) is 92.9 Å². The normalized spacial score (nSPS) is 12.1. The summed E-state index contributed by atoms with van der Waals surface area (Å²) < 4.78 is 4.66. The van der Waals surface area contributed by atoms with Crippen LogP contribution >= 0.6 is 0 Å². The number of pyridine rings is 2. The van der Waals surface area contributed by atoms with Crippen molar-refractivity contribution >= 4 is 6.21 Å². The molecule has 0 aliphatic heterocycles. The first-order valence-electron chi connectivity index (χ1n) is 16.8. The lowest BCUT2D eigenvalue weighted by atomic mass is 9.95. The van der Waals surface area contributed by atoms with Gasteiger partial charge >= 0.3 is 0 Å². The first-order chi connectivity index (χ1) is 21.0. The average molecular weight is 580 g/mol. The SMILES string of the molecule is C/C=C(C)\C=C/C=NCCCCCc1cc(CCCCC[n+]2cccc(C)c2)cc(CCCCC[n+]2cccc(C)c2)c1. The van der Waals surface area contributed by atoms with E-state index in [-0.39, 0.29) is 0 Å². The van der Waals surface area contributed by atoms with E-state index in [9.17, 15) is 0 Å². The molecule has 0 saturated carbocycles. The Labute approximate surface area is 263 Å². The minimum absolute atomic E-state index is 0.923. The average Bonchev–Trinajstić information content (AvgIpc) is 3.00. The van der Waals surface area contributed by atoms with E-state index in [2.05, 4.69) is 121 Å². The van der Waals surface area contributed by atoms with Crippen LogP contribution in [-0.2, 0) is 32.4 Å². The molecule has 0 aliphatic carbocycles. The first kappa shape index (κ1) is 34.2. The predicted molar refractivity (Wildman–Crippen MR) is 184 cm³/mol. The Morgan fingerprint density at radius 3 is 1.63 bits per heavy atom. The number of hydrogen-bond donors (Lipinski definition) is 0. The van der Waals surface area contributed by atoms with Gasteiger partial charge in [0.05, 0.1) is 0 Å². The maximum absolute atomic E-state index is 4.55. The summed E-state index contributed by atoms with van der Waals surface area (Å²) in [5.41, 5.74) is 8.56. The molecule has 0 saturated heterocycles. The molecule has 43 heavy (non-hydrogen) atoms. The number of aliphatic imine (C=N–C) groups is 1. The van der Waals surface area contributed by atoms with Crippen molar-refractivity contribution in [2.45, 2.75) is 118 Å². The van der Waals surface area contributed by atoms with Gasteiger partial charge in [-0.1, -0.05) is 42.3 Å². The van der Waals surface area contributed by atoms with Crippen LogP contribution in [0, 0.1) is 13.8 Å². The van der Waals surface area contributed by atoms with Gasteiger partial charge in [0, 0.05) is 48.9 Å². The third kappa shape index (κ3) is 15.1. The van der Waals surface area contributed by atoms with Crippen molar-refractivity contribution < 1.29 is 9.13 Å². The fourth-order valence-electron chi connectivity index (χ4n) is 5.59. The van der Waals surface area contributed by atoms with Crippen molar-refractivity contribution in [3.05, 3.63) is 119 Å².